The molecule has 3 aliphatic rings. The highest BCUT2D eigenvalue weighted by Gasteiger charge is 2.70. The SMILES string of the molecule is CC1(C)S[C@@H]2CC(=O)N2[C@@]1(NC(=O)CC1=C(N)CCC=C1)C(=O)O. The molecule has 2 amide bonds. The van der Waals surface area contributed by atoms with Crippen LogP contribution in [0.1, 0.15) is 39.5 Å². The molecule has 0 aromatic rings. The van der Waals surface area contributed by atoms with E-state index >= 15 is 0 Å². The first-order valence-electron chi connectivity index (χ1n) is 7.87. The third kappa shape index (κ3) is 2.31. The van der Waals surface area contributed by atoms with Crippen molar-refractivity contribution >= 4 is 29.5 Å². The molecule has 0 spiro atoms. The summed E-state index contributed by atoms with van der Waals surface area (Å²) < 4.78 is -0.840. The number of carbonyl (C=O) groups excluding carboxylic acids is 2. The highest BCUT2D eigenvalue weighted by Crippen LogP contribution is 2.55. The van der Waals surface area contributed by atoms with Crippen molar-refractivity contribution in [3.05, 3.63) is 23.4 Å². The van der Waals surface area contributed by atoms with E-state index in [2.05, 4.69) is 5.32 Å². The number of carbonyl (C=O) groups is 3. The third-order valence-electron chi connectivity index (χ3n) is 4.86. The Labute approximate surface area is 144 Å². The normalized spacial score (nSPS) is 30.8. The molecule has 0 aromatic carbocycles. The quantitative estimate of drug-likeness (QED) is 0.649. The number of fused-ring (bicyclic) bond motifs is 1. The highest BCUT2D eigenvalue weighted by molar-refractivity contribution is 8.01. The zero-order valence-corrected chi connectivity index (χ0v) is 14.5. The van der Waals surface area contributed by atoms with Gasteiger partial charge in [-0.1, -0.05) is 12.2 Å². The van der Waals surface area contributed by atoms with Gasteiger partial charge < -0.3 is 16.2 Å². The topological polar surface area (TPSA) is 113 Å². The molecule has 130 valence electrons. The van der Waals surface area contributed by atoms with E-state index in [0.717, 1.165) is 6.42 Å². The van der Waals surface area contributed by atoms with Crippen LogP contribution in [-0.4, -0.2) is 43.6 Å². The molecule has 2 aliphatic heterocycles. The van der Waals surface area contributed by atoms with Gasteiger partial charge in [0.15, 0.2) is 0 Å². The maximum Gasteiger partial charge on any atom is 0.352 e. The number of β-lactam (4-membered cyclic amide) rings is 1. The molecule has 0 bridgehead atoms. The lowest BCUT2D eigenvalue weighted by Crippen LogP contribution is -2.75. The Morgan fingerprint density at radius 3 is 2.79 bits per heavy atom. The first kappa shape index (κ1) is 16.9. The minimum absolute atomic E-state index is 0.00477. The molecule has 0 radical (unpaired) electrons. The maximum absolute atomic E-state index is 12.5. The van der Waals surface area contributed by atoms with Gasteiger partial charge >= 0.3 is 5.97 Å². The second-order valence-corrected chi connectivity index (χ2v) is 8.58. The van der Waals surface area contributed by atoms with Gasteiger partial charge in [0.2, 0.25) is 17.5 Å². The van der Waals surface area contributed by atoms with Crippen molar-refractivity contribution in [2.24, 2.45) is 5.73 Å². The van der Waals surface area contributed by atoms with Crippen LogP contribution in [0.4, 0.5) is 0 Å². The van der Waals surface area contributed by atoms with Crippen molar-refractivity contribution in [2.75, 3.05) is 0 Å². The Balaban J connectivity index is 1.87. The second kappa shape index (κ2) is 5.54. The van der Waals surface area contributed by atoms with Gasteiger partial charge in [-0.05, 0) is 32.3 Å². The molecule has 2 heterocycles. The minimum atomic E-state index is -1.73. The van der Waals surface area contributed by atoms with Crippen molar-refractivity contribution in [2.45, 2.75) is 55.3 Å². The smallest absolute Gasteiger partial charge is 0.352 e. The number of nitrogens with zero attached hydrogens (tertiary/aromatic N) is 1. The fourth-order valence-electron chi connectivity index (χ4n) is 3.55. The summed E-state index contributed by atoms with van der Waals surface area (Å²) in [6.07, 6.45) is 5.58. The van der Waals surface area contributed by atoms with Crippen molar-refractivity contribution in [1.82, 2.24) is 10.2 Å². The predicted octanol–water partition coefficient (Wildman–Crippen LogP) is 0.920. The minimum Gasteiger partial charge on any atom is -0.478 e. The van der Waals surface area contributed by atoms with Crippen LogP contribution in [0.25, 0.3) is 0 Å². The largest absolute Gasteiger partial charge is 0.478 e. The van der Waals surface area contributed by atoms with Crippen molar-refractivity contribution in [3.8, 4) is 0 Å². The van der Waals surface area contributed by atoms with Crippen molar-refractivity contribution < 1.29 is 19.5 Å². The number of carboxylic acids is 1. The van der Waals surface area contributed by atoms with E-state index in [0.29, 0.717) is 24.1 Å². The fourth-order valence-corrected chi connectivity index (χ4v) is 5.24. The van der Waals surface area contributed by atoms with E-state index in [9.17, 15) is 19.5 Å². The zero-order chi connectivity index (χ0) is 17.7. The van der Waals surface area contributed by atoms with Crippen LogP contribution in [0.5, 0.6) is 0 Å². The Kier molecular flexibility index (Phi) is 3.90. The Hall–Kier alpha value is -1.96. The summed E-state index contributed by atoms with van der Waals surface area (Å²) in [7, 11) is 0. The van der Waals surface area contributed by atoms with Gasteiger partial charge in [-0.15, -0.1) is 11.8 Å². The molecule has 0 saturated carbocycles. The van der Waals surface area contributed by atoms with Gasteiger partial charge in [0.05, 0.1) is 23.0 Å². The maximum atomic E-state index is 12.5. The average Bonchev–Trinajstić information content (AvgIpc) is 2.65. The van der Waals surface area contributed by atoms with Crippen LogP contribution in [0.2, 0.25) is 0 Å². The van der Waals surface area contributed by atoms with E-state index in [1.54, 1.807) is 19.9 Å². The zero-order valence-electron chi connectivity index (χ0n) is 13.7. The van der Waals surface area contributed by atoms with E-state index < -0.39 is 22.3 Å². The number of hydrogen-bond acceptors (Lipinski definition) is 5. The molecule has 0 unspecified atom stereocenters. The number of carboxylic acid groups (broad SMARTS) is 1. The van der Waals surface area contributed by atoms with Crippen molar-refractivity contribution in [1.29, 1.82) is 0 Å². The Bertz CT molecular complexity index is 685. The standard InChI is InChI=1S/C16H21N3O4S/c1-15(2)16(14(22)23,19-12(21)8-13(19)24-15)18-11(20)7-9-5-3-4-6-10(9)17/h3,5,13H,4,6-8,17H2,1-2H3,(H,18,20)(H,22,23)/t13-,16+/m1/s1. The summed E-state index contributed by atoms with van der Waals surface area (Å²) in [5.41, 5.74) is 5.54. The van der Waals surface area contributed by atoms with E-state index in [1.165, 1.54) is 16.7 Å². The van der Waals surface area contributed by atoms with Crippen LogP contribution in [-0.2, 0) is 14.4 Å². The molecule has 24 heavy (non-hydrogen) atoms. The lowest BCUT2D eigenvalue weighted by atomic mass is 9.89. The number of hydrogen-bond donors (Lipinski definition) is 3. The van der Waals surface area contributed by atoms with Gasteiger partial charge in [-0.2, -0.15) is 0 Å². The molecular weight excluding hydrogens is 330 g/mol. The van der Waals surface area contributed by atoms with Crippen LogP contribution in [0, 0.1) is 0 Å². The van der Waals surface area contributed by atoms with E-state index in [-0.39, 0.29) is 17.7 Å². The first-order valence-corrected chi connectivity index (χ1v) is 8.75. The lowest BCUT2D eigenvalue weighted by molar-refractivity contribution is -0.173. The summed E-state index contributed by atoms with van der Waals surface area (Å²) in [4.78, 5) is 37.9. The number of allylic oxidation sites excluding steroid dienone is 3. The molecule has 2 fully saturated rings. The third-order valence-corrected chi connectivity index (χ3v) is 6.40. The predicted molar refractivity (Wildman–Crippen MR) is 89.6 cm³/mol. The van der Waals surface area contributed by atoms with Gasteiger partial charge in [0.25, 0.3) is 0 Å². The van der Waals surface area contributed by atoms with Crippen LogP contribution in [0.15, 0.2) is 23.4 Å². The summed E-state index contributed by atoms with van der Waals surface area (Å²) >= 11 is 1.40. The highest BCUT2D eigenvalue weighted by atomic mass is 32.2. The van der Waals surface area contributed by atoms with Gasteiger partial charge in [-0.25, -0.2) is 4.79 Å². The molecular formula is C16H21N3O4S. The number of thioether (sulfide) groups is 1. The molecule has 4 N–H and O–H groups in total. The molecule has 7 nitrogen and oxygen atoms in total. The second-order valence-electron chi connectivity index (χ2n) is 6.78. The molecule has 0 aromatic heterocycles. The first-order chi connectivity index (χ1) is 11.2. The summed E-state index contributed by atoms with van der Waals surface area (Å²) in [6.45, 7) is 3.48. The number of amides is 2. The van der Waals surface area contributed by atoms with Gasteiger partial charge in [0.1, 0.15) is 0 Å². The molecule has 8 heteroatoms. The molecule has 2 saturated heterocycles. The number of rotatable bonds is 4. The average molecular weight is 351 g/mol. The molecule has 1 aliphatic carbocycles. The van der Waals surface area contributed by atoms with Crippen molar-refractivity contribution in [3.63, 3.8) is 0 Å². The van der Waals surface area contributed by atoms with Crippen LogP contribution in [0.3, 0.4) is 0 Å². The van der Waals surface area contributed by atoms with Crippen LogP contribution >= 0.6 is 11.8 Å². The summed E-state index contributed by atoms with van der Waals surface area (Å²) in [5, 5.41) is 12.3. The number of nitrogens with one attached hydrogen (secondary N) is 1. The number of aliphatic carboxylic acids is 1. The molecule has 2 atom stereocenters. The lowest BCUT2D eigenvalue weighted by Gasteiger charge is -2.46. The Morgan fingerprint density at radius 2 is 2.21 bits per heavy atom. The summed E-state index contributed by atoms with van der Waals surface area (Å²) in [5.74, 6) is -1.92. The monoisotopic (exact) mass is 351 g/mol. The van der Waals surface area contributed by atoms with E-state index in [1.807, 2.05) is 6.08 Å². The van der Waals surface area contributed by atoms with Gasteiger partial charge in [0, 0.05) is 5.70 Å². The summed E-state index contributed by atoms with van der Waals surface area (Å²) in [6, 6.07) is 0. The van der Waals surface area contributed by atoms with Crippen LogP contribution < -0.4 is 11.1 Å². The number of nitrogens with two attached hydrogens (primary N) is 1. The van der Waals surface area contributed by atoms with E-state index in [4.69, 9.17) is 5.73 Å². The van der Waals surface area contributed by atoms with Gasteiger partial charge in [-0.3, -0.25) is 14.5 Å². The Morgan fingerprint density at radius 1 is 1.50 bits per heavy atom. The molecule has 3 rings (SSSR count). The fraction of sp³-hybridized carbons (Fsp3) is 0.562.